The van der Waals surface area contributed by atoms with E-state index in [0.29, 0.717) is 13.0 Å². The molecule has 88 valence electrons. The highest BCUT2D eigenvalue weighted by Crippen LogP contribution is 2.16. The number of methoxy groups -OCH3 is 1. The molecule has 1 atom stereocenters. The zero-order valence-electron chi connectivity index (χ0n) is 8.27. The van der Waals surface area contributed by atoms with Crippen LogP contribution in [0.4, 0.5) is 0 Å². The lowest BCUT2D eigenvalue weighted by molar-refractivity contribution is -0.149. The van der Waals surface area contributed by atoms with E-state index in [9.17, 15) is 13.2 Å². The SMILES string of the molecule is COC(=O)[C@H]1CCCCN1NS(=O)(=O)Cl. The lowest BCUT2D eigenvalue weighted by atomic mass is 10.0. The van der Waals surface area contributed by atoms with Crippen LogP contribution in [0.3, 0.4) is 0 Å². The predicted octanol–water partition coefficient (Wildman–Crippen LogP) is 0.00210. The number of nitrogens with one attached hydrogen (secondary N) is 1. The van der Waals surface area contributed by atoms with Crippen LogP contribution >= 0.6 is 10.7 Å². The Balaban J connectivity index is 2.70. The van der Waals surface area contributed by atoms with Gasteiger partial charge in [-0.1, -0.05) is 0 Å². The smallest absolute Gasteiger partial charge is 0.324 e. The highest BCUT2D eigenvalue weighted by atomic mass is 35.7. The number of piperidine rings is 1. The third-order valence-corrected chi connectivity index (χ3v) is 2.86. The van der Waals surface area contributed by atoms with Crippen molar-refractivity contribution >= 4 is 25.9 Å². The molecule has 15 heavy (non-hydrogen) atoms. The number of carbonyl (C=O) groups is 1. The van der Waals surface area contributed by atoms with Crippen LogP contribution < -0.4 is 4.83 Å². The third-order valence-electron chi connectivity index (χ3n) is 2.20. The Morgan fingerprint density at radius 3 is 2.73 bits per heavy atom. The van der Waals surface area contributed by atoms with E-state index in [1.807, 2.05) is 0 Å². The normalized spacial score (nSPS) is 23.7. The second-order valence-electron chi connectivity index (χ2n) is 3.26. The summed E-state index contributed by atoms with van der Waals surface area (Å²) in [6, 6.07) is -0.586. The van der Waals surface area contributed by atoms with Gasteiger partial charge in [0.15, 0.2) is 0 Å². The number of rotatable bonds is 3. The molecule has 0 aromatic rings. The number of hydrazine groups is 1. The molecule has 0 unspecified atom stereocenters. The molecule has 1 saturated heterocycles. The summed E-state index contributed by atoms with van der Waals surface area (Å²) >= 11 is 0. The maximum atomic E-state index is 11.3. The third kappa shape index (κ3) is 3.94. The fraction of sp³-hybridized carbons (Fsp3) is 0.857. The van der Waals surface area contributed by atoms with Crippen molar-refractivity contribution in [3.63, 3.8) is 0 Å². The molecule has 0 radical (unpaired) electrons. The average molecular weight is 257 g/mol. The van der Waals surface area contributed by atoms with Crippen LogP contribution in [0.1, 0.15) is 19.3 Å². The molecule has 1 aliphatic rings. The van der Waals surface area contributed by atoms with Gasteiger partial charge < -0.3 is 4.74 Å². The van der Waals surface area contributed by atoms with Crippen LogP contribution in [-0.2, 0) is 18.8 Å². The number of nitrogens with zero attached hydrogens (tertiary/aromatic N) is 1. The first-order valence-corrected chi connectivity index (χ1v) is 6.81. The molecule has 1 fully saturated rings. The molecule has 1 rings (SSSR count). The number of hydrogen-bond donors (Lipinski definition) is 1. The van der Waals surface area contributed by atoms with Crippen molar-refractivity contribution in [1.82, 2.24) is 9.84 Å². The van der Waals surface area contributed by atoms with Crippen molar-refractivity contribution in [3.05, 3.63) is 0 Å². The fourth-order valence-electron chi connectivity index (χ4n) is 1.56. The van der Waals surface area contributed by atoms with Gasteiger partial charge in [0.25, 0.3) is 0 Å². The maximum Gasteiger partial charge on any atom is 0.324 e. The summed E-state index contributed by atoms with van der Waals surface area (Å²) in [6.45, 7) is 0.450. The van der Waals surface area contributed by atoms with E-state index in [2.05, 4.69) is 9.57 Å². The Morgan fingerprint density at radius 1 is 1.53 bits per heavy atom. The van der Waals surface area contributed by atoms with E-state index < -0.39 is 21.2 Å². The van der Waals surface area contributed by atoms with E-state index in [1.165, 1.54) is 12.1 Å². The molecule has 1 heterocycles. The molecule has 0 aromatic carbocycles. The Labute approximate surface area is 93.0 Å². The highest BCUT2D eigenvalue weighted by Gasteiger charge is 2.31. The second kappa shape index (κ2) is 5.11. The minimum Gasteiger partial charge on any atom is -0.468 e. The molecule has 8 heteroatoms. The molecule has 0 spiro atoms. The molecule has 0 amide bonds. The molecule has 0 aromatic heterocycles. The van der Waals surface area contributed by atoms with Gasteiger partial charge in [0.1, 0.15) is 6.04 Å². The Kier molecular flexibility index (Phi) is 4.32. The molecule has 0 bridgehead atoms. The van der Waals surface area contributed by atoms with Crippen LogP contribution in [0.25, 0.3) is 0 Å². The minimum atomic E-state index is -3.86. The number of halogens is 1. The van der Waals surface area contributed by atoms with Crippen molar-refractivity contribution in [2.75, 3.05) is 13.7 Å². The molecule has 1 N–H and O–H groups in total. The lowest BCUT2D eigenvalue weighted by Crippen LogP contribution is -2.53. The topological polar surface area (TPSA) is 75.7 Å². The first-order valence-electron chi connectivity index (χ1n) is 4.50. The van der Waals surface area contributed by atoms with Crippen molar-refractivity contribution in [2.24, 2.45) is 0 Å². The van der Waals surface area contributed by atoms with Crippen molar-refractivity contribution in [1.29, 1.82) is 0 Å². The first kappa shape index (κ1) is 12.7. The van der Waals surface area contributed by atoms with E-state index in [0.717, 1.165) is 12.8 Å². The number of hydrogen-bond acceptors (Lipinski definition) is 5. The van der Waals surface area contributed by atoms with Gasteiger partial charge in [-0.3, -0.25) is 4.79 Å². The summed E-state index contributed by atoms with van der Waals surface area (Å²) in [5, 5.41) is 1.30. The maximum absolute atomic E-state index is 11.3. The zero-order valence-corrected chi connectivity index (χ0v) is 9.84. The summed E-state index contributed by atoms with van der Waals surface area (Å²) in [5.74, 6) is -0.456. The van der Waals surface area contributed by atoms with Gasteiger partial charge in [0, 0.05) is 17.2 Å². The highest BCUT2D eigenvalue weighted by molar-refractivity contribution is 8.12. The van der Waals surface area contributed by atoms with Crippen LogP contribution in [0.2, 0.25) is 0 Å². The fourth-order valence-corrected chi connectivity index (χ4v) is 2.33. The van der Waals surface area contributed by atoms with Gasteiger partial charge >= 0.3 is 15.2 Å². The number of carbonyl (C=O) groups excluding carboxylic acids is 1. The van der Waals surface area contributed by atoms with Crippen LogP contribution in [0.5, 0.6) is 0 Å². The summed E-state index contributed by atoms with van der Waals surface area (Å²) in [5.41, 5.74) is 0. The van der Waals surface area contributed by atoms with Gasteiger partial charge in [-0.05, 0) is 19.3 Å². The lowest BCUT2D eigenvalue weighted by Gasteiger charge is -2.32. The molecular formula is C7H13ClN2O4S. The van der Waals surface area contributed by atoms with Gasteiger partial charge in [-0.25, -0.2) is 5.01 Å². The Hall–Kier alpha value is -0.370. The average Bonchev–Trinajstić information content (AvgIpc) is 2.15. The molecule has 1 aliphatic heterocycles. The van der Waals surface area contributed by atoms with E-state index in [-0.39, 0.29) is 0 Å². The van der Waals surface area contributed by atoms with Gasteiger partial charge in [0.05, 0.1) is 7.11 Å². The quantitative estimate of drug-likeness (QED) is 0.568. The molecular weight excluding hydrogens is 244 g/mol. The van der Waals surface area contributed by atoms with Crippen LogP contribution in [0, 0.1) is 0 Å². The minimum absolute atomic E-state index is 0.450. The summed E-state index contributed by atoms with van der Waals surface area (Å²) < 4.78 is 26.2. The molecule has 0 saturated carbocycles. The first-order chi connectivity index (χ1) is 6.94. The summed E-state index contributed by atoms with van der Waals surface area (Å²) in [4.78, 5) is 13.4. The zero-order chi connectivity index (χ0) is 11.5. The Bertz CT molecular complexity index is 332. The second-order valence-corrected chi connectivity index (χ2v) is 5.53. The van der Waals surface area contributed by atoms with Crippen LogP contribution in [-0.4, -0.2) is 39.1 Å². The summed E-state index contributed by atoms with van der Waals surface area (Å²) in [7, 11) is 2.46. The summed E-state index contributed by atoms with van der Waals surface area (Å²) in [6.07, 6.45) is 2.24. The van der Waals surface area contributed by atoms with E-state index in [1.54, 1.807) is 0 Å². The van der Waals surface area contributed by atoms with Gasteiger partial charge in [-0.2, -0.15) is 8.42 Å². The van der Waals surface area contributed by atoms with Crippen molar-refractivity contribution < 1.29 is 17.9 Å². The van der Waals surface area contributed by atoms with Crippen molar-refractivity contribution in [2.45, 2.75) is 25.3 Å². The Morgan fingerprint density at radius 2 is 2.20 bits per heavy atom. The van der Waals surface area contributed by atoms with Crippen LogP contribution in [0.15, 0.2) is 0 Å². The monoisotopic (exact) mass is 256 g/mol. The molecule has 6 nitrogen and oxygen atoms in total. The predicted molar refractivity (Wildman–Crippen MR) is 54.3 cm³/mol. The largest absolute Gasteiger partial charge is 0.468 e. The number of ether oxygens (including phenoxy) is 1. The molecule has 0 aliphatic carbocycles. The van der Waals surface area contributed by atoms with Crippen molar-refractivity contribution in [3.8, 4) is 0 Å². The van der Waals surface area contributed by atoms with E-state index in [4.69, 9.17) is 10.7 Å². The van der Waals surface area contributed by atoms with Gasteiger partial charge in [-0.15, -0.1) is 4.83 Å². The standard InChI is InChI=1S/C7H13ClN2O4S/c1-14-7(11)6-4-2-3-5-10(6)9-15(8,12)13/h6,9H,2-5H2,1H3/t6-/m1/s1. The van der Waals surface area contributed by atoms with E-state index >= 15 is 0 Å². The number of esters is 1. The van der Waals surface area contributed by atoms with Gasteiger partial charge in [0.2, 0.25) is 0 Å².